The molecule has 0 bridgehead atoms. The van der Waals surface area contributed by atoms with Crippen molar-refractivity contribution in [1.29, 1.82) is 0 Å². The largest absolute Gasteiger partial charge is 0.298 e. The van der Waals surface area contributed by atoms with E-state index in [1.165, 1.54) is 17.0 Å². The normalized spacial score (nSPS) is 12.0. The van der Waals surface area contributed by atoms with E-state index < -0.39 is 10.0 Å². The minimum Gasteiger partial charge on any atom is -0.298 e. The monoisotopic (exact) mass is 395 g/mol. The highest BCUT2D eigenvalue weighted by molar-refractivity contribution is 7.90. The number of ketones is 1. The Morgan fingerprint density at radius 1 is 1.07 bits per heavy atom. The van der Waals surface area contributed by atoms with Crippen molar-refractivity contribution < 1.29 is 18.0 Å². The second-order valence-electron chi connectivity index (χ2n) is 6.79. The van der Waals surface area contributed by atoms with Gasteiger partial charge in [0.1, 0.15) is 6.29 Å². The highest BCUT2D eigenvalue weighted by Gasteiger charge is 2.22. The van der Waals surface area contributed by atoms with E-state index in [9.17, 15) is 18.0 Å². The molecule has 5 nitrogen and oxygen atoms in total. The van der Waals surface area contributed by atoms with Gasteiger partial charge in [-0.3, -0.25) is 9.59 Å². The van der Waals surface area contributed by atoms with Gasteiger partial charge in [0, 0.05) is 17.1 Å². The minimum absolute atomic E-state index is 0.0870. The van der Waals surface area contributed by atoms with Gasteiger partial charge in [-0.05, 0) is 68.7 Å². The maximum absolute atomic E-state index is 13.2. The summed E-state index contributed by atoms with van der Waals surface area (Å²) in [5, 5.41) is 0.716. The molecule has 0 saturated carbocycles. The van der Waals surface area contributed by atoms with E-state index in [0.29, 0.717) is 28.5 Å². The van der Waals surface area contributed by atoms with Gasteiger partial charge in [-0.25, -0.2) is 12.4 Å². The average molecular weight is 395 g/mol. The maximum atomic E-state index is 13.2. The van der Waals surface area contributed by atoms with Gasteiger partial charge in [-0.1, -0.05) is 23.8 Å². The Kier molecular flexibility index (Phi) is 5.34. The average Bonchev–Trinajstić information content (AvgIpc) is 3.00. The minimum atomic E-state index is -3.78. The molecule has 0 N–H and O–H groups in total. The fraction of sp³-hybridized carbons (Fsp3) is 0.182. The molecule has 0 aliphatic carbocycles. The SMILES string of the molecule is CC(=O)/C=C/Cc1c(C=O)ccc2c1c(C)cn2S(=O)(=O)c1ccc(C)cc1. The van der Waals surface area contributed by atoms with E-state index in [0.717, 1.165) is 17.4 Å². The summed E-state index contributed by atoms with van der Waals surface area (Å²) in [6, 6.07) is 9.95. The summed E-state index contributed by atoms with van der Waals surface area (Å²) in [6.07, 6.45) is 5.83. The van der Waals surface area contributed by atoms with E-state index in [1.54, 1.807) is 48.7 Å². The third kappa shape index (κ3) is 3.55. The molecule has 0 radical (unpaired) electrons. The molecule has 1 aromatic heterocycles. The van der Waals surface area contributed by atoms with Crippen LogP contribution in [0.2, 0.25) is 0 Å². The fourth-order valence-corrected chi connectivity index (χ4v) is 4.70. The Hall–Kier alpha value is -2.99. The smallest absolute Gasteiger partial charge is 0.268 e. The summed E-state index contributed by atoms with van der Waals surface area (Å²) in [5.41, 5.74) is 3.42. The first-order chi connectivity index (χ1) is 13.3. The highest BCUT2D eigenvalue weighted by atomic mass is 32.2. The van der Waals surface area contributed by atoms with Crippen molar-refractivity contribution >= 4 is 33.0 Å². The molecule has 0 aliphatic heterocycles. The van der Waals surface area contributed by atoms with E-state index in [2.05, 4.69) is 0 Å². The molecule has 0 unspecified atom stereocenters. The van der Waals surface area contributed by atoms with Gasteiger partial charge in [0.15, 0.2) is 5.78 Å². The van der Waals surface area contributed by atoms with Gasteiger partial charge in [0.2, 0.25) is 0 Å². The molecule has 0 atom stereocenters. The lowest BCUT2D eigenvalue weighted by Crippen LogP contribution is -2.12. The summed E-state index contributed by atoms with van der Waals surface area (Å²) >= 11 is 0. The molecule has 6 heteroatoms. The van der Waals surface area contributed by atoms with Gasteiger partial charge in [-0.2, -0.15) is 0 Å². The van der Waals surface area contributed by atoms with Crippen molar-refractivity contribution in [1.82, 2.24) is 3.97 Å². The molecular weight excluding hydrogens is 374 g/mol. The number of aryl methyl sites for hydroxylation is 2. The van der Waals surface area contributed by atoms with Crippen molar-refractivity contribution in [3.05, 3.63) is 77.0 Å². The molecule has 0 amide bonds. The van der Waals surface area contributed by atoms with Crippen LogP contribution in [0.5, 0.6) is 0 Å². The Labute approximate surface area is 164 Å². The Morgan fingerprint density at radius 2 is 1.75 bits per heavy atom. The van der Waals surface area contributed by atoms with Crippen LogP contribution in [-0.4, -0.2) is 24.5 Å². The lowest BCUT2D eigenvalue weighted by atomic mass is 9.98. The number of nitrogens with zero attached hydrogens (tertiary/aromatic N) is 1. The second kappa shape index (κ2) is 7.56. The van der Waals surface area contributed by atoms with Crippen LogP contribution in [-0.2, 0) is 21.2 Å². The molecule has 0 fully saturated rings. The van der Waals surface area contributed by atoms with Gasteiger partial charge in [0.05, 0.1) is 10.4 Å². The highest BCUT2D eigenvalue weighted by Crippen LogP contribution is 2.30. The first kappa shape index (κ1) is 19.8. The van der Waals surface area contributed by atoms with Crippen molar-refractivity contribution in [3.63, 3.8) is 0 Å². The molecule has 2 aromatic carbocycles. The molecule has 0 spiro atoms. The molecule has 28 heavy (non-hydrogen) atoms. The zero-order valence-electron chi connectivity index (χ0n) is 16.0. The first-order valence-corrected chi connectivity index (χ1v) is 10.3. The van der Waals surface area contributed by atoms with Gasteiger partial charge >= 0.3 is 0 Å². The summed E-state index contributed by atoms with van der Waals surface area (Å²) in [4.78, 5) is 22.9. The second-order valence-corrected chi connectivity index (χ2v) is 8.60. The number of carbonyl (C=O) groups is 2. The summed E-state index contributed by atoms with van der Waals surface area (Å²) in [6.45, 7) is 5.16. The van der Waals surface area contributed by atoms with Crippen LogP contribution in [0.3, 0.4) is 0 Å². The van der Waals surface area contributed by atoms with Gasteiger partial charge in [0.25, 0.3) is 10.0 Å². The quantitative estimate of drug-likeness (QED) is 0.467. The Bertz CT molecular complexity index is 1200. The third-order valence-corrected chi connectivity index (χ3v) is 6.34. The van der Waals surface area contributed by atoms with Crippen LogP contribution in [0.15, 0.2) is 59.6 Å². The van der Waals surface area contributed by atoms with Crippen molar-refractivity contribution in [2.24, 2.45) is 0 Å². The number of allylic oxidation sites excluding steroid dienone is 2. The summed E-state index contributed by atoms with van der Waals surface area (Å²) in [5.74, 6) is -0.0870. The third-order valence-electron chi connectivity index (χ3n) is 4.65. The summed E-state index contributed by atoms with van der Waals surface area (Å²) in [7, 11) is -3.78. The van der Waals surface area contributed by atoms with Gasteiger partial charge in [-0.15, -0.1) is 0 Å². The fourth-order valence-electron chi connectivity index (χ4n) is 3.28. The number of hydrogen-bond donors (Lipinski definition) is 0. The molecule has 3 rings (SSSR count). The van der Waals surface area contributed by atoms with E-state index in [-0.39, 0.29) is 10.7 Å². The van der Waals surface area contributed by atoms with Crippen molar-refractivity contribution in [2.75, 3.05) is 0 Å². The molecule has 0 saturated heterocycles. The number of rotatable bonds is 6. The number of benzene rings is 2. The Morgan fingerprint density at radius 3 is 2.36 bits per heavy atom. The lowest BCUT2D eigenvalue weighted by molar-refractivity contribution is -0.112. The number of hydrogen-bond acceptors (Lipinski definition) is 4. The van der Waals surface area contributed by atoms with E-state index in [4.69, 9.17) is 0 Å². The van der Waals surface area contributed by atoms with E-state index in [1.807, 2.05) is 13.8 Å². The molecule has 0 aliphatic rings. The number of aldehydes is 1. The van der Waals surface area contributed by atoms with Gasteiger partial charge < -0.3 is 0 Å². The van der Waals surface area contributed by atoms with Crippen LogP contribution in [0.4, 0.5) is 0 Å². The Balaban J connectivity index is 2.23. The topological polar surface area (TPSA) is 73.2 Å². The standard InChI is InChI=1S/C22H21NO4S/c1-15-7-10-19(11-8-15)28(26,27)23-13-16(2)22-20(6-4-5-17(3)25)18(14-24)9-12-21(22)23/h4-5,7-14H,6H2,1-3H3/b5-4+. The summed E-state index contributed by atoms with van der Waals surface area (Å²) < 4.78 is 27.6. The molecular formula is C22H21NO4S. The lowest BCUT2D eigenvalue weighted by Gasteiger charge is -2.10. The van der Waals surface area contributed by atoms with Crippen molar-refractivity contribution in [2.45, 2.75) is 32.1 Å². The maximum Gasteiger partial charge on any atom is 0.268 e. The van der Waals surface area contributed by atoms with Crippen LogP contribution >= 0.6 is 0 Å². The number of carbonyl (C=O) groups excluding carboxylic acids is 2. The van der Waals surface area contributed by atoms with Crippen LogP contribution < -0.4 is 0 Å². The van der Waals surface area contributed by atoms with E-state index >= 15 is 0 Å². The van der Waals surface area contributed by atoms with Crippen LogP contribution in [0.25, 0.3) is 10.9 Å². The zero-order valence-corrected chi connectivity index (χ0v) is 16.8. The number of fused-ring (bicyclic) bond motifs is 1. The predicted molar refractivity (Wildman–Crippen MR) is 109 cm³/mol. The van der Waals surface area contributed by atoms with Crippen LogP contribution in [0, 0.1) is 13.8 Å². The number of aromatic nitrogens is 1. The molecule has 3 aromatic rings. The van der Waals surface area contributed by atoms with Crippen molar-refractivity contribution in [3.8, 4) is 0 Å². The zero-order chi connectivity index (χ0) is 20.5. The predicted octanol–water partition coefficient (Wildman–Crippen LogP) is 4.00. The molecule has 144 valence electrons. The van der Waals surface area contributed by atoms with Crippen LogP contribution in [0.1, 0.15) is 34.0 Å². The molecule has 1 heterocycles. The first-order valence-electron chi connectivity index (χ1n) is 8.83.